The number of rotatable bonds is 5. The molecule has 1 aliphatic rings. The lowest BCUT2D eigenvalue weighted by atomic mass is 10.1. The van der Waals surface area contributed by atoms with Crippen molar-refractivity contribution in [1.29, 1.82) is 0 Å². The molecule has 0 amide bonds. The Labute approximate surface area is 248 Å². The van der Waals surface area contributed by atoms with Crippen LogP contribution in [0.4, 0.5) is 11.4 Å². The molecule has 5 rings (SSSR count). The summed E-state index contributed by atoms with van der Waals surface area (Å²) in [7, 11) is 0. The number of aryl methyl sites for hydroxylation is 3. The molecule has 0 unspecified atom stereocenters. The molecule has 0 aliphatic carbocycles. The highest BCUT2D eigenvalue weighted by molar-refractivity contribution is 6.35. The lowest BCUT2D eigenvalue weighted by Gasteiger charge is -2.38. The molecule has 2 atom stereocenters. The van der Waals surface area contributed by atoms with Gasteiger partial charge in [0.2, 0.25) is 5.96 Å². The highest BCUT2D eigenvalue weighted by atomic mass is 35.5. The number of hydrogen-bond acceptors (Lipinski definition) is 4. The third-order valence-corrected chi connectivity index (χ3v) is 7.78. The van der Waals surface area contributed by atoms with Crippen LogP contribution in [0.15, 0.2) is 70.7 Å². The predicted molar refractivity (Wildman–Crippen MR) is 167 cm³/mol. The number of hydrogen-bond donors (Lipinski definition) is 2. The predicted octanol–water partition coefficient (Wildman–Crippen LogP) is 6.69. The summed E-state index contributed by atoms with van der Waals surface area (Å²) in [6.07, 6.45) is 2.18. The van der Waals surface area contributed by atoms with E-state index in [1.54, 1.807) is 23.0 Å². The number of benzene rings is 3. The second-order valence-electron chi connectivity index (χ2n) is 10.3. The molecule has 0 radical (unpaired) electrons. The van der Waals surface area contributed by atoms with Crippen molar-refractivity contribution >= 4 is 63.0 Å². The minimum atomic E-state index is -0.0999. The first-order valence-corrected chi connectivity index (χ1v) is 14.4. The van der Waals surface area contributed by atoms with E-state index >= 15 is 0 Å². The summed E-state index contributed by atoms with van der Waals surface area (Å²) in [5.41, 5.74) is 4.07. The Hall–Kier alpha value is -3.10. The monoisotopic (exact) mass is 596 g/mol. The van der Waals surface area contributed by atoms with E-state index in [9.17, 15) is 4.79 Å². The number of piperazine rings is 1. The molecule has 2 heterocycles. The van der Waals surface area contributed by atoms with E-state index < -0.39 is 0 Å². The lowest BCUT2D eigenvalue weighted by molar-refractivity contribution is 0.254. The van der Waals surface area contributed by atoms with Gasteiger partial charge in [-0.05, 0) is 86.8 Å². The molecule has 40 heavy (non-hydrogen) atoms. The highest BCUT2D eigenvalue weighted by Gasteiger charge is 2.24. The Kier molecular flexibility index (Phi) is 8.66. The van der Waals surface area contributed by atoms with Gasteiger partial charge in [0.25, 0.3) is 5.56 Å². The van der Waals surface area contributed by atoms with Crippen LogP contribution in [-0.2, 0) is 13.0 Å². The zero-order valence-corrected chi connectivity index (χ0v) is 24.9. The smallest absolute Gasteiger partial charge is 0.261 e. The molecular weight excluding hydrogens is 567 g/mol. The number of fused-ring (bicyclic) bond motifs is 1. The minimum Gasteiger partial charge on any atom is -0.339 e. The van der Waals surface area contributed by atoms with Crippen LogP contribution in [0.5, 0.6) is 0 Å². The van der Waals surface area contributed by atoms with Crippen molar-refractivity contribution in [3.8, 4) is 0 Å². The first-order chi connectivity index (χ1) is 19.2. The molecule has 1 aliphatic heterocycles. The fourth-order valence-corrected chi connectivity index (χ4v) is 5.76. The molecule has 4 aromatic rings. The van der Waals surface area contributed by atoms with E-state index in [4.69, 9.17) is 39.8 Å². The number of halogens is 3. The molecule has 0 spiro atoms. The Balaban J connectivity index is 1.42. The molecule has 1 aromatic heterocycles. The maximum atomic E-state index is 13.2. The van der Waals surface area contributed by atoms with Crippen molar-refractivity contribution in [3.05, 3.63) is 97.5 Å². The van der Waals surface area contributed by atoms with Crippen molar-refractivity contribution in [2.75, 3.05) is 18.4 Å². The molecule has 0 saturated carbocycles. The normalized spacial score (nSPS) is 17.9. The Morgan fingerprint density at radius 3 is 2.48 bits per heavy atom. The van der Waals surface area contributed by atoms with Crippen LogP contribution in [0, 0.1) is 6.92 Å². The van der Waals surface area contributed by atoms with Crippen LogP contribution in [-0.4, -0.2) is 45.6 Å². The molecule has 3 aromatic carbocycles. The van der Waals surface area contributed by atoms with Gasteiger partial charge in [0.1, 0.15) is 0 Å². The van der Waals surface area contributed by atoms with Crippen LogP contribution in [0.3, 0.4) is 0 Å². The minimum absolute atomic E-state index is 0.0999. The summed E-state index contributed by atoms with van der Waals surface area (Å²) >= 11 is 18.5. The third kappa shape index (κ3) is 6.61. The first-order valence-electron chi connectivity index (χ1n) is 13.2. The second-order valence-corrected chi connectivity index (χ2v) is 11.6. The van der Waals surface area contributed by atoms with Gasteiger partial charge >= 0.3 is 0 Å². The number of nitrogens with zero attached hydrogens (tertiary/aromatic N) is 4. The van der Waals surface area contributed by atoms with Crippen LogP contribution in [0.2, 0.25) is 15.1 Å². The zero-order chi connectivity index (χ0) is 28.4. The molecule has 0 bridgehead atoms. The molecular formula is C30H31Cl3N6O. The van der Waals surface area contributed by atoms with E-state index in [-0.39, 0.29) is 5.56 Å². The summed E-state index contributed by atoms with van der Waals surface area (Å²) in [4.78, 5) is 25.1. The van der Waals surface area contributed by atoms with Crippen molar-refractivity contribution < 1.29 is 0 Å². The SMILES string of the molecule is Cc1cc(Cl)ccc1N=C(Nc1ccc2c(=O)n(CCc3ccc(Cl)cc3Cl)cnc2c1)N1C[C@@H](C)N[C@@H](C)C1. The Morgan fingerprint density at radius 1 is 1.02 bits per heavy atom. The molecule has 10 heteroatoms. The summed E-state index contributed by atoms with van der Waals surface area (Å²) in [5, 5.41) is 9.47. The lowest BCUT2D eigenvalue weighted by Crippen LogP contribution is -2.57. The number of aromatic nitrogens is 2. The van der Waals surface area contributed by atoms with Gasteiger partial charge in [-0.3, -0.25) is 9.36 Å². The van der Waals surface area contributed by atoms with E-state index in [1.165, 1.54) is 0 Å². The Bertz CT molecular complexity index is 1630. The summed E-state index contributed by atoms with van der Waals surface area (Å²) < 4.78 is 1.61. The van der Waals surface area contributed by atoms with Crippen LogP contribution in [0.1, 0.15) is 25.0 Å². The second kappa shape index (κ2) is 12.2. The maximum Gasteiger partial charge on any atom is 0.261 e. The van der Waals surface area contributed by atoms with Gasteiger partial charge in [-0.15, -0.1) is 0 Å². The molecule has 2 N–H and O–H groups in total. The molecule has 1 fully saturated rings. The first kappa shape index (κ1) is 28.4. The largest absolute Gasteiger partial charge is 0.339 e. The van der Waals surface area contributed by atoms with Crippen LogP contribution >= 0.6 is 34.8 Å². The zero-order valence-electron chi connectivity index (χ0n) is 22.6. The van der Waals surface area contributed by atoms with Gasteiger partial charge in [0.05, 0.1) is 22.9 Å². The molecule has 1 saturated heterocycles. The van der Waals surface area contributed by atoms with Crippen molar-refractivity contribution in [1.82, 2.24) is 19.8 Å². The molecule has 7 nitrogen and oxygen atoms in total. The number of nitrogens with one attached hydrogen (secondary N) is 2. The fraction of sp³-hybridized carbons (Fsp3) is 0.300. The van der Waals surface area contributed by atoms with Gasteiger partial charge in [-0.25, -0.2) is 9.98 Å². The van der Waals surface area contributed by atoms with Gasteiger partial charge in [0.15, 0.2) is 0 Å². The van der Waals surface area contributed by atoms with Gasteiger partial charge < -0.3 is 15.5 Å². The third-order valence-electron chi connectivity index (χ3n) is 6.96. The van der Waals surface area contributed by atoms with Crippen molar-refractivity contribution in [3.63, 3.8) is 0 Å². The Morgan fingerprint density at radius 2 is 1.75 bits per heavy atom. The van der Waals surface area contributed by atoms with E-state index in [0.717, 1.165) is 41.6 Å². The van der Waals surface area contributed by atoms with Gasteiger partial charge in [-0.1, -0.05) is 40.9 Å². The number of aliphatic imine (C=N–C) groups is 1. The maximum absolute atomic E-state index is 13.2. The average molecular weight is 598 g/mol. The summed E-state index contributed by atoms with van der Waals surface area (Å²) in [5.74, 6) is 0.734. The standard InChI is InChI=1S/C30H31Cl3N6O/c1-18-12-22(31)6-9-27(18)37-30(39-15-19(2)35-20(3)16-39)36-24-7-8-25-28(14-24)34-17-38(29(25)40)11-10-21-4-5-23(32)13-26(21)33/h4-9,12-14,17,19-20,35H,10-11,15-16H2,1-3H3,(H,36,37)/t19-,20+. The van der Waals surface area contributed by atoms with Crippen LogP contribution < -0.4 is 16.2 Å². The number of guanidine groups is 1. The van der Waals surface area contributed by atoms with Gasteiger partial charge in [-0.2, -0.15) is 0 Å². The van der Waals surface area contributed by atoms with E-state index in [1.807, 2.05) is 49.4 Å². The number of anilines is 1. The van der Waals surface area contributed by atoms with E-state index in [0.29, 0.717) is 51.0 Å². The topological polar surface area (TPSA) is 74.5 Å². The molecule has 208 valence electrons. The van der Waals surface area contributed by atoms with Crippen molar-refractivity contribution in [2.24, 2.45) is 4.99 Å². The quantitative estimate of drug-likeness (QED) is 0.198. The van der Waals surface area contributed by atoms with E-state index in [2.05, 4.69) is 34.4 Å². The van der Waals surface area contributed by atoms with Gasteiger partial charge in [0, 0.05) is 52.5 Å². The average Bonchev–Trinajstić information content (AvgIpc) is 2.89. The summed E-state index contributed by atoms with van der Waals surface area (Å²) in [6, 6.07) is 17.3. The van der Waals surface area contributed by atoms with Crippen molar-refractivity contribution in [2.45, 2.75) is 45.8 Å². The van der Waals surface area contributed by atoms with Crippen LogP contribution in [0.25, 0.3) is 10.9 Å². The highest BCUT2D eigenvalue weighted by Crippen LogP contribution is 2.25. The fourth-order valence-electron chi connectivity index (χ4n) is 5.03. The summed E-state index contributed by atoms with van der Waals surface area (Å²) in [6.45, 7) is 8.39.